The molecule has 7 nitrogen and oxygen atoms in total. The largest absolute Gasteiger partial charge is 0.265 e. The molecule has 0 bridgehead atoms. The van der Waals surface area contributed by atoms with Gasteiger partial charge in [-0.15, -0.1) is 0 Å². The highest BCUT2D eigenvalue weighted by Gasteiger charge is 2.22. The van der Waals surface area contributed by atoms with E-state index in [2.05, 4.69) is 4.98 Å². The van der Waals surface area contributed by atoms with Crippen molar-refractivity contribution in [1.29, 1.82) is 0 Å². The highest BCUT2D eigenvalue weighted by atomic mass is 32.2. The van der Waals surface area contributed by atoms with Crippen molar-refractivity contribution in [2.24, 2.45) is 5.14 Å². The van der Waals surface area contributed by atoms with Crippen LogP contribution in [0.15, 0.2) is 58.6 Å². The van der Waals surface area contributed by atoms with E-state index in [0.717, 1.165) is 15.9 Å². The summed E-state index contributed by atoms with van der Waals surface area (Å²) in [6, 6.07) is 8.37. The second-order valence-corrected chi connectivity index (χ2v) is 8.24. The molecule has 0 atom stereocenters. The van der Waals surface area contributed by atoms with Crippen LogP contribution in [-0.2, 0) is 26.6 Å². The molecule has 2 N–H and O–H groups in total. The average Bonchev–Trinajstić information content (AvgIpc) is 2.47. The Hall–Kier alpha value is -1.81. The normalized spacial score (nSPS) is 12.5. The summed E-state index contributed by atoms with van der Waals surface area (Å²) in [6.07, 6.45) is 3.13. The number of nitrogens with two attached hydrogens (primary N) is 1. The Kier molecular flexibility index (Phi) is 4.61. The molecule has 0 saturated carbocycles. The minimum atomic E-state index is -3.96. The summed E-state index contributed by atoms with van der Waals surface area (Å²) in [4.78, 5) is 3.49. The Morgan fingerprint density at radius 2 is 1.64 bits per heavy atom. The summed E-state index contributed by atoms with van der Waals surface area (Å²) in [5.41, 5.74) is 0.767. The molecule has 0 aliphatic heterocycles. The average molecular weight is 341 g/mol. The van der Waals surface area contributed by atoms with Gasteiger partial charge in [-0.1, -0.05) is 6.07 Å². The van der Waals surface area contributed by atoms with Gasteiger partial charge in [0.2, 0.25) is 20.0 Å². The molecule has 0 aliphatic rings. The molecular weight excluding hydrogens is 326 g/mol. The predicted octanol–water partition coefficient (Wildman–Crippen LogP) is 0.550. The van der Waals surface area contributed by atoms with E-state index in [9.17, 15) is 16.8 Å². The molecule has 2 rings (SSSR count). The zero-order chi connectivity index (χ0) is 16.4. The zero-order valence-corrected chi connectivity index (χ0v) is 13.4. The first kappa shape index (κ1) is 16.6. The lowest BCUT2D eigenvalue weighted by Gasteiger charge is -2.17. The minimum Gasteiger partial charge on any atom is -0.265 e. The number of primary sulfonamides is 1. The number of pyridine rings is 1. The predicted molar refractivity (Wildman–Crippen MR) is 80.7 cm³/mol. The van der Waals surface area contributed by atoms with Gasteiger partial charge in [-0.05, 0) is 35.9 Å². The first-order valence-electron chi connectivity index (χ1n) is 6.19. The number of nitrogens with zero attached hydrogens (tertiary/aromatic N) is 2. The molecule has 0 unspecified atom stereocenters. The third-order valence-corrected chi connectivity index (χ3v) is 5.71. The fourth-order valence-corrected chi connectivity index (χ4v) is 3.66. The van der Waals surface area contributed by atoms with Crippen LogP contribution in [0.25, 0.3) is 0 Å². The molecule has 1 aromatic heterocycles. The van der Waals surface area contributed by atoms with E-state index in [1.165, 1.54) is 25.2 Å². The molecular formula is C13H15N3O4S2. The van der Waals surface area contributed by atoms with E-state index in [1.54, 1.807) is 24.5 Å². The fraction of sp³-hybridized carbons (Fsp3) is 0.154. The van der Waals surface area contributed by atoms with Crippen molar-refractivity contribution in [3.05, 3.63) is 54.4 Å². The number of hydrogen-bond acceptors (Lipinski definition) is 5. The van der Waals surface area contributed by atoms with Gasteiger partial charge < -0.3 is 0 Å². The molecule has 9 heteroatoms. The van der Waals surface area contributed by atoms with Gasteiger partial charge in [0.25, 0.3) is 0 Å². The van der Waals surface area contributed by atoms with Gasteiger partial charge in [0.1, 0.15) is 0 Å². The Bertz CT molecular complexity index is 865. The van der Waals surface area contributed by atoms with E-state index in [1.807, 2.05) is 0 Å². The third kappa shape index (κ3) is 3.69. The van der Waals surface area contributed by atoms with Crippen molar-refractivity contribution < 1.29 is 16.8 Å². The summed E-state index contributed by atoms with van der Waals surface area (Å²) in [6.45, 7) is 0.143. The quantitative estimate of drug-likeness (QED) is 0.854. The van der Waals surface area contributed by atoms with Crippen LogP contribution in [0.5, 0.6) is 0 Å². The number of rotatable bonds is 5. The zero-order valence-electron chi connectivity index (χ0n) is 11.7. The number of aromatic nitrogens is 1. The monoisotopic (exact) mass is 341 g/mol. The van der Waals surface area contributed by atoms with Crippen LogP contribution in [0.1, 0.15) is 5.56 Å². The summed E-state index contributed by atoms with van der Waals surface area (Å²) in [5, 5.41) is 5.03. The summed E-state index contributed by atoms with van der Waals surface area (Å²) in [7, 11) is -6.37. The van der Waals surface area contributed by atoms with Crippen molar-refractivity contribution in [2.75, 3.05) is 7.05 Å². The van der Waals surface area contributed by atoms with Gasteiger partial charge >= 0.3 is 0 Å². The van der Waals surface area contributed by atoms with Crippen LogP contribution in [0.4, 0.5) is 0 Å². The van der Waals surface area contributed by atoms with Gasteiger partial charge in [0.15, 0.2) is 0 Å². The van der Waals surface area contributed by atoms with E-state index in [4.69, 9.17) is 5.14 Å². The summed E-state index contributed by atoms with van der Waals surface area (Å²) >= 11 is 0. The molecule has 0 amide bonds. The Morgan fingerprint density at radius 3 is 2.23 bits per heavy atom. The van der Waals surface area contributed by atoms with Gasteiger partial charge in [-0.2, -0.15) is 4.31 Å². The molecule has 1 aromatic carbocycles. The van der Waals surface area contributed by atoms with E-state index >= 15 is 0 Å². The molecule has 0 aliphatic carbocycles. The van der Waals surface area contributed by atoms with Gasteiger partial charge in [0, 0.05) is 26.0 Å². The van der Waals surface area contributed by atoms with E-state index < -0.39 is 20.0 Å². The lowest BCUT2D eigenvalue weighted by atomic mass is 10.3. The van der Waals surface area contributed by atoms with E-state index in [-0.39, 0.29) is 16.3 Å². The summed E-state index contributed by atoms with van der Waals surface area (Å²) < 4.78 is 48.8. The van der Waals surface area contributed by atoms with Crippen molar-refractivity contribution in [2.45, 2.75) is 16.3 Å². The van der Waals surface area contributed by atoms with E-state index in [0.29, 0.717) is 0 Å². The topological polar surface area (TPSA) is 110 Å². The maximum absolute atomic E-state index is 12.5. The molecule has 1 heterocycles. The Labute approximate surface area is 129 Å². The van der Waals surface area contributed by atoms with Crippen LogP contribution in [-0.4, -0.2) is 33.2 Å². The minimum absolute atomic E-state index is 0.129. The fourth-order valence-electron chi connectivity index (χ4n) is 1.82. The highest BCUT2D eigenvalue weighted by Crippen LogP contribution is 2.19. The molecule has 0 fully saturated rings. The van der Waals surface area contributed by atoms with Crippen LogP contribution >= 0.6 is 0 Å². The second-order valence-electron chi connectivity index (χ2n) is 4.64. The summed E-state index contributed by atoms with van der Waals surface area (Å²) in [5.74, 6) is 0. The van der Waals surface area contributed by atoms with Gasteiger partial charge in [-0.25, -0.2) is 22.0 Å². The first-order valence-corrected chi connectivity index (χ1v) is 9.18. The maximum Gasteiger partial charge on any atom is 0.243 e. The van der Waals surface area contributed by atoms with Crippen molar-refractivity contribution in [3.63, 3.8) is 0 Å². The van der Waals surface area contributed by atoms with Crippen LogP contribution in [0, 0.1) is 0 Å². The Morgan fingerprint density at radius 1 is 1.05 bits per heavy atom. The third-order valence-electron chi connectivity index (χ3n) is 3.00. The SMILES string of the molecule is CN(Cc1ccncc1)S(=O)(=O)c1cccc(S(N)(=O)=O)c1. The maximum atomic E-state index is 12.5. The molecule has 118 valence electrons. The van der Waals surface area contributed by atoms with Gasteiger partial charge in [0.05, 0.1) is 9.79 Å². The lowest BCUT2D eigenvalue weighted by molar-refractivity contribution is 0.466. The van der Waals surface area contributed by atoms with Crippen LogP contribution in [0.2, 0.25) is 0 Å². The number of sulfonamides is 2. The van der Waals surface area contributed by atoms with Crippen molar-refractivity contribution in [3.8, 4) is 0 Å². The second kappa shape index (κ2) is 6.13. The lowest BCUT2D eigenvalue weighted by Crippen LogP contribution is -2.26. The Balaban J connectivity index is 2.34. The number of hydrogen-bond donors (Lipinski definition) is 1. The smallest absolute Gasteiger partial charge is 0.243 e. The first-order chi connectivity index (χ1) is 10.2. The molecule has 22 heavy (non-hydrogen) atoms. The molecule has 0 spiro atoms. The van der Waals surface area contributed by atoms with Crippen molar-refractivity contribution in [1.82, 2.24) is 9.29 Å². The van der Waals surface area contributed by atoms with Gasteiger partial charge in [-0.3, -0.25) is 4.98 Å². The van der Waals surface area contributed by atoms with Crippen LogP contribution < -0.4 is 5.14 Å². The van der Waals surface area contributed by atoms with Crippen molar-refractivity contribution >= 4 is 20.0 Å². The molecule has 0 saturated heterocycles. The molecule has 2 aromatic rings. The highest BCUT2D eigenvalue weighted by molar-refractivity contribution is 7.90. The number of benzene rings is 1. The van der Waals surface area contributed by atoms with Crippen LogP contribution in [0.3, 0.4) is 0 Å². The standard InChI is InChI=1S/C13H15N3O4S2/c1-16(10-11-5-7-15-8-6-11)22(19,20)13-4-2-3-12(9-13)21(14,17)18/h2-9H,10H2,1H3,(H2,14,17,18). The molecule has 0 radical (unpaired) electrons.